The monoisotopic (exact) mass is 145 g/mol. The van der Waals surface area contributed by atoms with E-state index in [2.05, 4.69) is 36.2 Å². The van der Waals surface area contributed by atoms with Gasteiger partial charge < -0.3 is 4.98 Å². The molecule has 0 saturated heterocycles. The van der Waals surface area contributed by atoms with Crippen LogP contribution in [0.3, 0.4) is 0 Å². The molecule has 0 radical (unpaired) electrons. The minimum Gasteiger partial charge on any atom is -0.361 e. The Labute approximate surface area is 65.8 Å². The number of allylic oxidation sites excluding steroid dienone is 2. The molecule has 0 unspecified atom stereocenters. The Morgan fingerprint density at radius 1 is 1.45 bits per heavy atom. The molecule has 1 heteroatoms. The second-order valence-corrected chi connectivity index (χ2v) is 2.83. The molecule has 1 N–H and O–H groups in total. The fourth-order valence-electron chi connectivity index (χ4n) is 1.42. The maximum absolute atomic E-state index is 3.23. The van der Waals surface area contributed by atoms with Crippen molar-refractivity contribution in [3.63, 3.8) is 0 Å². The number of fused-ring (bicyclic) bond motifs is 1. The van der Waals surface area contributed by atoms with Gasteiger partial charge in [0.2, 0.25) is 0 Å². The van der Waals surface area contributed by atoms with Crippen molar-refractivity contribution in [2.45, 2.75) is 13.3 Å². The molecule has 1 aromatic heterocycles. The lowest BCUT2D eigenvalue weighted by Crippen LogP contribution is -2.23. The van der Waals surface area contributed by atoms with Crippen LogP contribution in [0.5, 0.6) is 0 Å². The maximum atomic E-state index is 3.23. The molecule has 11 heavy (non-hydrogen) atoms. The van der Waals surface area contributed by atoms with Crippen molar-refractivity contribution in [2.75, 3.05) is 0 Å². The average Bonchev–Trinajstić information content (AvgIpc) is 2.40. The van der Waals surface area contributed by atoms with Gasteiger partial charge in [0.15, 0.2) is 0 Å². The van der Waals surface area contributed by atoms with Gasteiger partial charge in [-0.05, 0) is 30.2 Å². The first-order chi connectivity index (χ1) is 5.38. The Bertz CT molecular complexity index is 393. The molecule has 0 aliphatic heterocycles. The summed E-state index contributed by atoms with van der Waals surface area (Å²) in [6.07, 6.45) is 9.62. The highest BCUT2D eigenvalue weighted by molar-refractivity contribution is 5.55. The van der Waals surface area contributed by atoms with Gasteiger partial charge in [-0.1, -0.05) is 18.2 Å². The number of H-pyrrole nitrogens is 1. The molecule has 0 atom stereocenters. The Kier molecular flexibility index (Phi) is 1.42. The van der Waals surface area contributed by atoms with E-state index in [4.69, 9.17) is 0 Å². The smallest absolute Gasteiger partial charge is 0.0480 e. The Hall–Kier alpha value is -1.24. The van der Waals surface area contributed by atoms with Gasteiger partial charge >= 0.3 is 0 Å². The van der Waals surface area contributed by atoms with Gasteiger partial charge in [-0.15, -0.1) is 0 Å². The summed E-state index contributed by atoms with van der Waals surface area (Å²) in [7, 11) is 0. The average molecular weight is 145 g/mol. The molecule has 1 aliphatic carbocycles. The van der Waals surface area contributed by atoms with E-state index in [1.54, 1.807) is 0 Å². The van der Waals surface area contributed by atoms with Crippen LogP contribution in [0.15, 0.2) is 24.4 Å². The SMILES string of the molecule is CC1=c2[nH]ccc2=CCC=C1. The summed E-state index contributed by atoms with van der Waals surface area (Å²) < 4.78 is 0. The highest BCUT2D eigenvalue weighted by Crippen LogP contribution is 1.96. The van der Waals surface area contributed by atoms with Gasteiger partial charge in [0.05, 0.1) is 0 Å². The van der Waals surface area contributed by atoms with Gasteiger partial charge in [-0.25, -0.2) is 0 Å². The van der Waals surface area contributed by atoms with Crippen LogP contribution < -0.4 is 10.6 Å². The van der Waals surface area contributed by atoms with Crippen LogP contribution in [0, 0.1) is 0 Å². The standard InChI is InChI=1S/C10H11N/c1-8-4-2-3-5-9-6-7-11-10(8)9/h2,4-7,11H,3H2,1H3. The lowest BCUT2D eigenvalue weighted by Gasteiger charge is -1.85. The summed E-state index contributed by atoms with van der Waals surface area (Å²) in [4.78, 5) is 3.23. The Balaban J connectivity index is 2.89. The highest BCUT2D eigenvalue weighted by Gasteiger charge is 1.92. The second kappa shape index (κ2) is 2.42. The molecule has 0 aromatic carbocycles. The third-order valence-electron chi connectivity index (χ3n) is 2.02. The molecule has 1 aliphatic rings. The van der Waals surface area contributed by atoms with Gasteiger partial charge in [-0.3, -0.25) is 0 Å². The predicted molar refractivity (Wildman–Crippen MR) is 47.3 cm³/mol. The third kappa shape index (κ3) is 1.03. The molecule has 0 saturated carbocycles. The highest BCUT2D eigenvalue weighted by atomic mass is 14.6. The first-order valence-electron chi connectivity index (χ1n) is 3.89. The molecular formula is C10H11N. The molecule has 1 nitrogen and oxygen atoms in total. The molecule has 0 fully saturated rings. The van der Waals surface area contributed by atoms with E-state index < -0.39 is 0 Å². The number of hydrogen-bond acceptors (Lipinski definition) is 0. The van der Waals surface area contributed by atoms with Gasteiger partial charge in [0, 0.05) is 11.5 Å². The van der Waals surface area contributed by atoms with E-state index in [9.17, 15) is 0 Å². The molecule has 0 spiro atoms. The van der Waals surface area contributed by atoms with Crippen molar-refractivity contribution in [3.8, 4) is 0 Å². The summed E-state index contributed by atoms with van der Waals surface area (Å²) in [5.41, 5.74) is 1.32. The first kappa shape index (κ1) is 6.47. The van der Waals surface area contributed by atoms with E-state index >= 15 is 0 Å². The molecule has 1 aromatic rings. The van der Waals surface area contributed by atoms with Crippen LogP contribution in [0.25, 0.3) is 11.6 Å². The number of rotatable bonds is 0. The normalized spacial score (nSPS) is 15.5. The Morgan fingerprint density at radius 2 is 2.36 bits per heavy atom. The van der Waals surface area contributed by atoms with Crippen molar-refractivity contribution >= 4 is 11.6 Å². The lowest BCUT2D eigenvalue weighted by molar-refractivity contribution is 1.29. The molecule has 0 bridgehead atoms. The number of nitrogens with one attached hydrogen (secondary N) is 1. The van der Waals surface area contributed by atoms with Gasteiger partial charge in [-0.2, -0.15) is 0 Å². The van der Waals surface area contributed by atoms with Crippen LogP contribution in [-0.2, 0) is 0 Å². The molecule has 56 valence electrons. The van der Waals surface area contributed by atoms with Crippen molar-refractivity contribution in [1.82, 2.24) is 4.98 Å². The first-order valence-corrected chi connectivity index (χ1v) is 3.89. The molecular weight excluding hydrogens is 134 g/mol. The van der Waals surface area contributed by atoms with E-state index in [0.29, 0.717) is 0 Å². The van der Waals surface area contributed by atoms with E-state index in [-0.39, 0.29) is 0 Å². The number of aromatic nitrogens is 1. The summed E-state index contributed by atoms with van der Waals surface area (Å²) in [5, 5.41) is 2.59. The zero-order valence-corrected chi connectivity index (χ0v) is 6.59. The fourth-order valence-corrected chi connectivity index (χ4v) is 1.42. The molecule has 1 heterocycles. The largest absolute Gasteiger partial charge is 0.361 e. The van der Waals surface area contributed by atoms with Crippen molar-refractivity contribution < 1.29 is 0 Å². The van der Waals surface area contributed by atoms with Gasteiger partial charge in [0.25, 0.3) is 0 Å². The third-order valence-corrected chi connectivity index (χ3v) is 2.02. The second-order valence-electron chi connectivity index (χ2n) is 2.83. The summed E-state index contributed by atoms with van der Waals surface area (Å²) >= 11 is 0. The van der Waals surface area contributed by atoms with Crippen LogP contribution in [-0.4, -0.2) is 4.98 Å². The topological polar surface area (TPSA) is 15.8 Å². The summed E-state index contributed by atoms with van der Waals surface area (Å²) in [6.45, 7) is 2.13. The number of aromatic amines is 1. The lowest BCUT2D eigenvalue weighted by atomic mass is 10.2. The molecule has 0 amide bonds. The van der Waals surface area contributed by atoms with E-state index in [0.717, 1.165) is 6.42 Å². The quantitative estimate of drug-likeness (QED) is 0.559. The minimum atomic E-state index is 1.04. The van der Waals surface area contributed by atoms with Crippen molar-refractivity contribution in [2.24, 2.45) is 0 Å². The van der Waals surface area contributed by atoms with Crippen LogP contribution in [0.4, 0.5) is 0 Å². The molecule has 2 rings (SSSR count). The van der Waals surface area contributed by atoms with Crippen LogP contribution in [0.2, 0.25) is 0 Å². The van der Waals surface area contributed by atoms with Crippen molar-refractivity contribution in [1.29, 1.82) is 0 Å². The predicted octanol–water partition coefficient (Wildman–Crippen LogP) is 0.926. The van der Waals surface area contributed by atoms with E-state index in [1.807, 2.05) is 6.20 Å². The van der Waals surface area contributed by atoms with Crippen LogP contribution in [0.1, 0.15) is 13.3 Å². The fraction of sp³-hybridized carbons (Fsp3) is 0.200. The zero-order valence-electron chi connectivity index (χ0n) is 6.59. The summed E-state index contributed by atoms with van der Waals surface area (Å²) in [6, 6.07) is 2.12. The zero-order chi connectivity index (χ0) is 7.68. The van der Waals surface area contributed by atoms with Crippen molar-refractivity contribution in [3.05, 3.63) is 35.0 Å². The van der Waals surface area contributed by atoms with Gasteiger partial charge in [0.1, 0.15) is 0 Å². The Morgan fingerprint density at radius 3 is 3.27 bits per heavy atom. The van der Waals surface area contributed by atoms with E-state index in [1.165, 1.54) is 16.1 Å². The minimum absolute atomic E-state index is 1.04. The summed E-state index contributed by atoms with van der Waals surface area (Å²) in [5.74, 6) is 0. The maximum Gasteiger partial charge on any atom is 0.0480 e. The van der Waals surface area contributed by atoms with Crippen LogP contribution >= 0.6 is 0 Å². The number of hydrogen-bond donors (Lipinski definition) is 1.